The van der Waals surface area contributed by atoms with Crippen LogP contribution in [0.4, 0.5) is 4.79 Å². The van der Waals surface area contributed by atoms with Crippen LogP contribution in [0.1, 0.15) is 97.8 Å². The molecule has 0 bridgehead atoms. The standard InChI is InChI=1S/C21H41NO4/c1-5-7-8-9-10-11-12-13-14-15-16-17-26-20(23)19(18(3)6-2)22-21(24)25-4/h18-19H,5-17H2,1-4H3,(H,22,24). The van der Waals surface area contributed by atoms with Crippen LogP contribution in [0, 0.1) is 5.92 Å². The molecule has 0 aliphatic carbocycles. The van der Waals surface area contributed by atoms with Crippen molar-refractivity contribution in [2.24, 2.45) is 5.92 Å². The summed E-state index contributed by atoms with van der Waals surface area (Å²) in [5, 5.41) is 2.57. The summed E-state index contributed by atoms with van der Waals surface area (Å²) in [5.74, 6) is -0.351. The van der Waals surface area contributed by atoms with Gasteiger partial charge < -0.3 is 14.8 Å². The van der Waals surface area contributed by atoms with Crippen molar-refractivity contribution in [2.75, 3.05) is 13.7 Å². The Balaban J connectivity index is 3.71. The fourth-order valence-electron chi connectivity index (χ4n) is 2.88. The third-order valence-corrected chi connectivity index (χ3v) is 4.92. The van der Waals surface area contributed by atoms with Crippen molar-refractivity contribution in [3.63, 3.8) is 0 Å². The molecule has 2 atom stereocenters. The molecular weight excluding hydrogens is 330 g/mol. The first-order valence-corrected chi connectivity index (χ1v) is 10.6. The fourth-order valence-corrected chi connectivity index (χ4v) is 2.88. The van der Waals surface area contributed by atoms with Crippen LogP contribution in [0.5, 0.6) is 0 Å². The molecule has 1 N–H and O–H groups in total. The first-order chi connectivity index (χ1) is 12.6. The highest BCUT2D eigenvalue weighted by molar-refractivity contribution is 5.81. The van der Waals surface area contributed by atoms with E-state index in [1.165, 1.54) is 64.9 Å². The lowest BCUT2D eigenvalue weighted by atomic mass is 9.99. The van der Waals surface area contributed by atoms with Crippen LogP contribution in [0.3, 0.4) is 0 Å². The molecule has 154 valence electrons. The van der Waals surface area contributed by atoms with Crippen LogP contribution in [0.15, 0.2) is 0 Å². The Morgan fingerprint density at radius 3 is 1.81 bits per heavy atom. The maximum atomic E-state index is 12.2. The Bertz CT molecular complexity index is 360. The van der Waals surface area contributed by atoms with Gasteiger partial charge in [-0.2, -0.15) is 0 Å². The van der Waals surface area contributed by atoms with E-state index in [4.69, 9.17) is 4.74 Å². The smallest absolute Gasteiger partial charge is 0.407 e. The lowest BCUT2D eigenvalue weighted by Crippen LogP contribution is -2.46. The summed E-state index contributed by atoms with van der Waals surface area (Å²) in [6.07, 6.45) is 14.1. The van der Waals surface area contributed by atoms with Crippen LogP contribution in [0.2, 0.25) is 0 Å². The second-order valence-corrected chi connectivity index (χ2v) is 7.20. The molecule has 0 heterocycles. The van der Waals surface area contributed by atoms with E-state index in [2.05, 4.69) is 17.0 Å². The second-order valence-electron chi connectivity index (χ2n) is 7.20. The fraction of sp³-hybridized carbons (Fsp3) is 0.905. The van der Waals surface area contributed by atoms with Gasteiger partial charge in [0.25, 0.3) is 0 Å². The monoisotopic (exact) mass is 371 g/mol. The molecule has 5 heteroatoms. The lowest BCUT2D eigenvalue weighted by Gasteiger charge is -2.21. The van der Waals surface area contributed by atoms with Gasteiger partial charge in [-0.25, -0.2) is 9.59 Å². The van der Waals surface area contributed by atoms with Crippen LogP contribution in [-0.4, -0.2) is 31.8 Å². The SMILES string of the molecule is CCCCCCCCCCCCCOC(=O)C(NC(=O)OC)C(C)CC. The van der Waals surface area contributed by atoms with Crippen LogP contribution in [0.25, 0.3) is 0 Å². The normalized spacial score (nSPS) is 13.1. The number of ether oxygens (including phenoxy) is 2. The number of carbonyl (C=O) groups is 2. The van der Waals surface area contributed by atoms with Gasteiger partial charge in [0.15, 0.2) is 0 Å². The topological polar surface area (TPSA) is 64.6 Å². The van der Waals surface area contributed by atoms with Crippen molar-refractivity contribution in [2.45, 2.75) is 104 Å². The second kappa shape index (κ2) is 17.2. The van der Waals surface area contributed by atoms with Gasteiger partial charge in [0.1, 0.15) is 6.04 Å². The molecular formula is C21H41NO4. The lowest BCUT2D eigenvalue weighted by molar-refractivity contribution is -0.147. The van der Waals surface area contributed by atoms with E-state index in [0.717, 1.165) is 19.3 Å². The molecule has 0 rings (SSSR count). The van der Waals surface area contributed by atoms with E-state index in [9.17, 15) is 9.59 Å². The molecule has 0 saturated carbocycles. The summed E-state index contributed by atoms with van der Waals surface area (Å²) >= 11 is 0. The highest BCUT2D eigenvalue weighted by atomic mass is 16.5. The Kier molecular flexibility index (Phi) is 16.3. The Morgan fingerprint density at radius 2 is 1.35 bits per heavy atom. The summed E-state index contributed by atoms with van der Waals surface area (Å²) in [6.45, 7) is 6.57. The average molecular weight is 372 g/mol. The van der Waals surface area contributed by atoms with Gasteiger partial charge in [-0.15, -0.1) is 0 Å². The van der Waals surface area contributed by atoms with Crippen molar-refractivity contribution in [3.05, 3.63) is 0 Å². The van der Waals surface area contributed by atoms with E-state index < -0.39 is 12.1 Å². The predicted octanol–water partition coefficient (Wildman–Crippen LogP) is 5.61. The molecule has 0 aromatic heterocycles. The molecule has 0 aliphatic rings. The summed E-state index contributed by atoms with van der Waals surface area (Å²) in [5.41, 5.74) is 0. The van der Waals surface area contributed by atoms with E-state index >= 15 is 0 Å². The Labute approximate surface area is 160 Å². The Morgan fingerprint density at radius 1 is 0.846 bits per heavy atom. The number of hydrogen-bond acceptors (Lipinski definition) is 4. The van der Waals surface area contributed by atoms with Gasteiger partial charge in [-0.05, 0) is 12.3 Å². The van der Waals surface area contributed by atoms with Gasteiger partial charge in [-0.1, -0.05) is 91.4 Å². The molecule has 0 radical (unpaired) electrons. The van der Waals surface area contributed by atoms with Gasteiger partial charge in [0.2, 0.25) is 0 Å². The van der Waals surface area contributed by atoms with Gasteiger partial charge in [-0.3, -0.25) is 0 Å². The number of nitrogens with one attached hydrogen (secondary N) is 1. The molecule has 0 aromatic rings. The summed E-state index contributed by atoms with van der Waals surface area (Å²) in [6, 6.07) is -0.639. The summed E-state index contributed by atoms with van der Waals surface area (Å²) < 4.78 is 9.93. The van der Waals surface area contributed by atoms with E-state index in [0.29, 0.717) is 6.61 Å². The first-order valence-electron chi connectivity index (χ1n) is 10.6. The maximum absolute atomic E-state index is 12.2. The van der Waals surface area contributed by atoms with Crippen LogP contribution in [-0.2, 0) is 14.3 Å². The molecule has 0 fully saturated rings. The zero-order chi connectivity index (χ0) is 19.6. The minimum absolute atomic E-state index is 0.0129. The molecule has 0 aromatic carbocycles. The number of methoxy groups -OCH3 is 1. The third kappa shape index (κ3) is 13.0. The van der Waals surface area contributed by atoms with E-state index in [-0.39, 0.29) is 11.9 Å². The number of unbranched alkanes of at least 4 members (excludes halogenated alkanes) is 10. The highest BCUT2D eigenvalue weighted by Gasteiger charge is 2.27. The molecule has 5 nitrogen and oxygen atoms in total. The zero-order valence-electron chi connectivity index (χ0n) is 17.5. The zero-order valence-corrected chi connectivity index (χ0v) is 17.5. The number of amides is 1. The Hall–Kier alpha value is -1.26. The third-order valence-electron chi connectivity index (χ3n) is 4.92. The van der Waals surface area contributed by atoms with Gasteiger partial charge >= 0.3 is 12.1 Å². The highest BCUT2D eigenvalue weighted by Crippen LogP contribution is 2.12. The number of alkyl carbamates (subject to hydrolysis) is 1. The summed E-state index contributed by atoms with van der Waals surface area (Å²) in [4.78, 5) is 23.6. The quantitative estimate of drug-likeness (QED) is 0.283. The molecule has 2 unspecified atom stereocenters. The molecule has 1 amide bonds. The van der Waals surface area contributed by atoms with E-state index in [1.807, 2.05) is 13.8 Å². The minimum atomic E-state index is -0.639. The number of hydrogen-bond donors (Lipinski definition) is 1. The molecule has 0 aliphatic heterocycles. The first kappa shape index (κ1) is 24.7. The molecule has 26 heavy (non-hydrogen) atoms. The van der Waals surface area contributed by atoms with Crippen molar-refractivity contribution in [1.82, 2.24) is 5.32 Å². The largest absolute Gasteiger partial charge is 0.464 e. The van der Waals surface area contributed by atoms with Crippen molar-refractivity contribution >= 4 is 12.1 Å². The number of rotatable bonds is 16. The minimum Gasteiger partial charge on any atom is -0.464 e. The number of carbonyl (C=O) groups excluding carboxylic acids is 2. The number of esters is 1. The van der Waals surface area contributed by atoms with Crippen molar-refractivity contribution < 1.29 is 19.1 Å². The van der Waals surface area contributed by atoms with Crippen LogP contribution >= 0.6 is 0 Å². The van der Waals surface area contributed by atoms with Crippen LogP contribution < -0.4 is 5.32 Å². The predicted molar refractivity (Wildman–Crippen MR) is 106 cm³/mol. The molecule has 0 saturated heterocycles. The average Bonchev–Trinajstić information content (AvgIpc) is 2.65. The maximum Gasteiger partial charge on any atom is 0.407 e. The van der Waals surface area contributed by atoms with Crippen molar-refractivity contribution in [3.8, 4) is 0 Å². The van der Waals surface area contributed by atoms with Crippen molar-refractivity contribution in [1.29, 1.82) is 0 Å². The summed E-state index contributed by atoms with van der Waals surface area (Å²) in [7, 11) is 1.29. The van der Waals surface area contributed by atoms with E-state index in [1.54, 1.807) is 0 Å². The van der Waals surface area contributed by atoms with Gasteiger partial charge in [0, 0.05) is 0 Å². The van der Waals surface area contributed by atoms with Gasteiger partial charge in [0.05, 0.1) is 13.7 Å². The molecule has 0 spiro atoms.